The number of hydrogen-bond donors (Lipinski definition) is 1. The maximum atomic E-state index is 13.8. The van der Waals surface area contributed by atoms with Crippen molar-refractivity contribution in [1.82, 2.24) is 10.2 Å². The standard InChI is InChI=1S/C23H34N2O2.ClH/c1-24-16-17-8-10-25(11-9-17)22(26)23(15-19-6-7-20(23)12-19)14-18-4-3-5-21(13-18)27-2;/h3-5,13,17,19-20,24H,6-12,14-16H2,1-2H3;1H. The fourth-order valence-electron chi connectivity index (χ4n) is 6.09. The molecule has 1 aliphatic heterocycles. The molecule has 2 saturated carbocycles. The summed E-state index contributed by atoms with van der Waals surface area (Å²) in [6.07, 6.45) is 8.04. The number of ether oxygens (including phenoxy) is 1. The van der Waals surface area contributed by atoms with Crippen LogP contribution in [0.2, 0.25) is 0 Å². The molecular weight excluding hydrogens is 372 g/mol. The Balaban J connectivity index is 0.00000225. The van der Waals surface area contributed by atoms with Crippen LogP contribution in [0.25, 0.3) is 0 Å². The van der Waals surface area contributed by atoms with Gasteiger partial charge in [-0.1, -0.05) is 18.6 Å². The summed E-state index contributed by atoms with van der Waals surface area (Å²) >= 11 is 0. The van der Waals surface area contributed by atoms with Crippen LogP contribution in [0.4, 0.5) is 0 Å². The quantitative estimate of drug-likeness (QED) is 0.778. The first-order chi connectivity index (χ1) is 13.1. The zero-order valence-electron chi connectivity index (χ0n) is 17.3. The lowest BCUT2D eigenvalue weighted by atomic mass is 9.68. The smallest absolute Gasteiger partial charge is 0.229 e. The normalized spacial score (nSPS) is 29.6. The predicted molar refractivity (Wildman–Crippen MR) is 115 cm³/mol. The zero-order chi connectivity index (χ0) is 18.9. The molecule has 3 aliphatic rings. The number of carbonyl (C=O) groups is 1. The lowest BCUT2D eigenvalue weighted by molar-refractivity contribution is -0.147. The minimum atomic E-state index is -0.175. The average Bonchev–Trinajstić information content (AvgIpc) is 3.30. The summed E-state index contributed by atoms with van der Waals surface area (Å²) in [6, 6.07) is 8.34. The minimum Gasteiger partial charge on any atom is -0.497 e. The molecule has 0 aromatic heterocycles. The molecule has 2 aliphatic carbocycles. The molecule has 3 fully saturated rings. The molecule has 3 atom stereocenters. The van der Waals surface area contributed by atoms with Crippen LogP contribution in [0, 0.1) is 23.2 Å². The van der Waals surface area contributed by atoms with Crippen molar-refractivity contribution in [2.45, 2.75) is 44.9 Å². The molecular formula is C23H35ClN2O2. The second-order valence-corrected chi connectivity index (χ2v) is 9.06. The maximum Gasteiger partial charge on any atom is 0.229 e. The first-order valence-corrected chi connectivity index (χ1v) is 10.7. The Labute approximate surface area is 175 Å². The number of piperidine rings is 1. The molecule has 4 rings (SSSR count). The SMILES string of the molecule is CNCC1CCN(C(=O)C2(Cc3cccc(OC)c3)CC3CCC2C3)CC1.Cl. The molecule has 4 nitrogen and oxygen atoms in total. The van der Waals surface area contributed by atoms with Gasteiger partial charge >= 0.3 is 0 Å². The Bertz CT molecular complexity index is 674. The van der Waals surface area contributed by atoms with Crippen molar-refractivity contribution in [3.63, 3.8) is 0 Å². The lowest BCUT2D eigenvalue weighted by Gasteiger charge is -2.43. The third-order valence-corrected chi connectivity index (χ3v) is 7.45. The molecule has 1 aromatic carbocycles. The highest BCUT2D eigenvalue weighted by Crippen LogP contribution is 2.58. The number of amides is 1. The van der Waals surface area contributed by atoms with E-state index in [2.05, 4.69) is 28.4 Å². The molecule has 3 unspecified atom stereocenters. The van der Waals surface area contributed by atoms with E-state index in [9.17, 15) is 4.79 Å². The van der Waals surface area contributed by atoms with Gasteiger partial charge in [-0.2, -0.15) is 0 Å². The molecule has 1 amide bonds. The van der Waals surface area contributed by atoms with Gasteiger partial charge in [-0.25, -0.2) is 0 Å². The molecule has 28 heavy (non-hydrogen) atoms. The van der Waals surface area contributed by atoms with Gasteiger partial charge in [0.1, 0.15) is 5.75 Å². The number of halogens is 1. The first kappa shape index (κ1) is 21.4. The largest absolute Gasteiger partial charge is 0.497 e. The number of rotatable bonds is 6. The van der Waals surface area contributed by atoms with Gasteiger partial charge in [0.05, 0.1) is 12.5 Å². The molecule has 2 bridgehead atoms. The van der Waals surface area contributed by atoms with E-state index >= 15 is 0 Å². The number of carbonyl (C=O) groups excluding carboxylic acids is 1. The van der Waals surface area contributed by atoms with Crippen molar-refractivity contribution in [1.29, 1.82) is 0 Å². The predicted octanol–water partition coefficient (Wildman–Crippen LogP) is 3.92. The van der Waals surface area contributed by atoms with E-state index in [1.165, 1.54) is 24.8 Å². The van der Waals surface area contributed by atoms with Crippen LogP contribution in [0.3, 0.4) is 0 Å². The first-order valence-electron chi connectivity index (χ1n) is 10.7. The summed E-state index contributed by atoms with van der Waals surface area (Å²) in [6.45, 7) is 2.94. The Morgan fingerprint density at radius 2 is 2.04 bits per heavy atom. The fraction of sp³-hybridized carbons (Fsp3) is 0.696. The van der Waals surface area contributed by atoms with Gasteiger partial charge in [0.25, 0.3) is 0 Å². The third-order valence-electron chi connectivity index (χ3n) is 7.45. The molecule has 1 heterocycles. The van der Waals surface area contributed by atoms with E-state index in [4.69, 9.17) is 4.74 Å². The van der Waals surface area contributed by atoms with Crippen molar-refractivity contribution >= 4 is 18.3 Å². The van der Waals surface area contributed by atoms with Crippen LogP contribution in [0.15, 0.2) is 24.3 Å². The number of fused-ring (bicyclic) bond motifs is 2. The second kappa shape index (κ2) is 9.04. The van der Waals surface area contributed by atoms with Crippen molar-refractivity contribution in [3.05, 3.63) is 29.8 Å². The topological polar surface area (TPSA) is 41.6 Å². The Hall–Kier alpha value is -1.26. The van der Waals surface area contributed by atoms with E-state index < -0.39 is 0 Å². The van der Waals surface area contributed by atoms with Crippen LogP contribution >= 0.6 is 12.4 Å². The van der Waals surface area contributed by atoms with Gasteiger partial charge in [-0.15, -0.1) is 12.4 Å². The van der Waals surface area contributed by atoms with Crippen LogP contribution in [0.1, 0.15) is 44.1 Å². The van der Waals surface area contributed by atoms with Gasteiger partial charge in [-0.3, -0.25) is 4.79 Å². The van der Waals surface area contributed by atoms with E-state index in [1.54, 1.807) is 7.11 Å². The summed E-state index contributed by atoms with van der Waals surface area (Å²) in [7, 11) is 3.74. The van der Waals surface area contributed by atoms with Crippen molar-refractivity contribution in [2.24, 2.45) is 23.2 Å². The van der Waals surface area contributed by atoms with Gasteiger partial charge in [0, 0.05) is 13.1 Å². The Morgan fingerprint density at radius 3 is 2.64 bits per heavy atom. The van der Waals surface area contributed by atoms with Crippen molar-refractivity contribution in [2.75, 3.05) is 33.8 Å². The molecule has 5 heteroatoms. The molecule has 1 saturated heterocycles. The van der Waals surface area contributed by atoms with Crippen LogP contribution in [-0.2, 0) is 11.2 Å². The average molecular weight is 407 g/mol. The number of nitrogens with zero attached hydrogens (tertiary/aromatic N) is 1. The summed E-state index contributed by atoms with van der Waals surface area (Å²) in [5, 5.41) is 3.29. The molecule has 1 aromatic rings. The zero-order valence-corrected chi connectivity index (χ0v) is 18.1. The van der Waals surface area contributed by atoms with Gasteiger partial charge < -0.3 is 15.0 Å². The lowest BCUT2D eigenvalue weighted by Crippen LogP contribution is -2.51. The second-order valence-electron chi connectivity index (χ2n) is 9.06. The van der Waals surface area contributed by atoms with E-state index in [-0.39, 0.29) is 17.8 Å². The summed E-state index contributed by atoms with van der Waals surface area (Å²) in [5.41, 5.74) is 1.07. The number of nitrogens with one attached hydrogen (secondary N) is 1. The van der Waals surface area contributed by atoms with Gasteiger partial charge in [-0.05, 0) is 87.6 Å². The highest BCUT2D eigenvalue weighted by Gasteiger charge is 2.56. The van der Waals surface area contributed by atoms with E-state index in [1.807, 2.05) is 13.1 Å². The molecule has 0 radical (unpaired) electrons. The van der Waals surface area contributed by atoms with Gasteiger partial charge in [0.15, 0.2) is 0 Å². The number of hydrogen-bond acceptors (Lipinski definition) is 3. The van der Waals surface area contributed by atoms with Crippen LogP contribution in [0.5, 0.6) is 5.75 Å². The van der Waals surface area contributed by atoms with Crippen LogP contribution in [-0.4, -0.2) is 44.6 Å². The minimum absolute atomic E-state index is 0. The molecule has 0 spiro atoms. The van der Waals surface area contributed by atoms with Crippen molar-refractivity contribution < 1.29 is 9.53 Å². The molecule has 1 N–H and O–H groups in total. The Morgan fingerprint density at radius 1 is 1.25 bits per heavy atom. The maximum absolute atomic E-state index is 13.8. The summed E-state index contributed by atoms with van der Waals surface area (Å²) < 4.78 is 5.42. The fourth-order valence-corrected chi connectivity index (χ4v) is 6.09. The number of methoxy groups -OCH3 is 1. The number of benzene rings is 1. The highest BCUT2D eigenvalue weighted by molar-refractivity contribution is 5.85. The summed E-state index contributed by atoms with van der Waals surface area (Å²) in [5.74, 6) is 3.38. The van der Waals surface area contributed by atoms with Crippen LogP contribution < -0.4 is 10.1 Å². The van der Waals surface area contributed by atoms with E-state index in [0.717, 1.165) is 57.0 Å². The highest BCUT2D eigenvalue weighted by atomic mass is 35.5. The summed E-state index contributed by atoms with van der Waals surface area (Å²) in [4.78, 5) is 16.0. The van der Waals surface area contributed by atoms with E-state index in [0.29, 0.717) is 17.7 Å². The molecule has 156 valence electrons. The van der Waals surface area contributed by atoms with Gasteiger partial charge in [0.2, 0.25) is 5.91 Å². The third kappa shape index (κ3) is 4.04. The Kier molecular flexibility index (Phi) is 6.93. The monoisotopic (exact) mass is 406 g/mol. The van der Waals surface area contributed by atoms with Crippen molar-refractivity contribution in [3.8, 4) is 5.75 Å². The number of likely N-dealkylation sites (tertiary alicyclic amines) is 1.